The van der Waals surface area contributed by atoms with Crippen molar-refractivity contribution in [2.75, 3.05) is 29.0 Å². The number of aromatic nitrogens is 2. The number of fused-ring (bicyclic) bond motifs is 6. The Labute approximate surface area is 279 Å². The molecular weight excluding hydrogens is 673 g/mol. The highest BCUT2D eigenvalue weighted by Gasteiger charge is 2.38. The summed E-state index contributed by atoms with van der Waals surface area (Å²) < 4.78 is 59.2. The van der Waals surface area contributed by atoms with Crippen LogP contribution in [0.4, 0.5) is 42.0 Å². The van der Waals surface area contributed by atoms with Gasteiger partial charge in [0.15, 0.2) is 5.82 Å². The normalized spacial score (nSPS) is 15.2. The minimum Gasteiger partial charge on any atom is -0.475 e. The Balaban J connectivity index is 0.000000582. The summed E-state index contributed by atoms with van der Waals surface area (Å²) in [4.78, 5) is 31.4. The Morgan fingerprint density at radius 2 is 1.62 bits per heavy atom. The molecule has 1 saturated heterocycles. The molecule has 6 bridgehead atoms. The van der Waals surface area contributed by atoms with E-state index < -0.39 is 22.2 Å². The highest BCUT2D eigenvalue weighted by Crippen LogP contribution is 2.31. The average Bonchev–Trinajstić information content (AvgIpc) is 3.07. The number of carbonyl (C=O) groups excluding carboxylic acids is 1. The number of hydrogen-bond acceptors (Lipinski definition) is 8. The molecule has 0 atom stereocenters. The quantitative estimate of drug-likeness (QED) is 0.190. The van der Waals surface area contributed by atoms with E-state index in [1.54, 1.807) is 36.5 Å². The molecule has 1 amide bonds. The molecule has 0 aliphatic carbocycles. The Hall–Kier alpha value is -4.73. The third-order valence-corrected chi connectivity index (χ3v) is 9.87. The van der Waals surface area contributed by atoms with E-state index in [1.165, 1.54) is 4.31 Å². The number of carboxylic acids is 1. The lowest BCUT2D eigenvalue weighted by Gasteiger charge is -2.30. The monoisotopic (exact) mass is 702 g/mol. The Morgan fingerprint density at radius 1 is 0.938 bits per heavy atom. The maximum Gasteiger partial charge on any atom is 0.490 e. The second-order valence-corrected chi connectivity index (χ2v) is 13.3. The van der Waals surface area contributed by atoms with Gasteiger partial charge in [-0.25, -0.2) is 18.2 Å². The number of piperidine rings is 1. The lowest BCUT2D eigenvalue weighted by Crippen LogP contribution is -2.41. The van der Waals surface area contributed by atoms with E-state index in [2.05, 4.69) is 38.1 Å². The zero-order chi connectivity index (χ0) is 34.5. The predicted octanol–water partition coefficient (Wildman–Crippen LogP) is 6.39. The predicted molar refractivity (Wildman–Crippen MR) is 174 cm³/mol. The molecule has 2 aliphatic heterocycles. The number of amides is 1. The zero-order valence-corrected chi connectivity index (χ0v) is 26.7. The molecule has 0 unspecified atom stereocenters. The van der Waals surface area contributed by atoms with Gasteiger partial charge < -0.3 is 21.1 Å². The number of carbonyl (C=O) groups is 2. The first-order valence-electron chi connectivity index (χ1n) is 14.7. The van der Waals surface area contributed by atoms with Crippen molar-refractivity contribution in [2.24, 2.45) is 5.92 Å². The van der Waals surface area contributed by atoms with E-state index in [-0.39, 0.29) is 16.7 Å². The molecule has 2 aliphatic rings. The van der Waals surface area contributed by atoms with Crippen LogP contribution in [0.3, 0.4) is 0 Å². The van der Waals surface area contributed by atoms with Crippen molar-refractivity contribution in [1.82, 2.24) is 14.3 Å². The fourth-order valence-electron chi connectivity index (χ4n) is 5.20. The van der Waals surface area contributed by atoms with Gasteiger partial charge in [0.1, 0.15) is 5.02 Å². The molecule has 0 saturated carbocycles. The van der Waals surface area contributed by atoms with Crippen molar-refractivity contribution in [3.63, 3.8) is 0 Å². The van der Waals surface area contributed by atoms with Crippen LogP contribution >= 0.6 is 11.6 Å². The number of halogens is 4. The Kier molecular flexibility index (Phi) is 10.5. The molecule has 1 aromatic heterocycles. The standard InChI is InChI=1S/C30H29ClN6O3S.C2HF3O2/c31-26-19-32-30-34-23-6-4-5-20(17-23)9-10-22-18-24(33-28(26)36-30)11-12-27(22)35-29(38)21-13-15-37(16-14-21)41(39,40)25-7-2-1-3-8-25;3-2(4,5)1(6)7/h1-8,11-12,17-19,21H,9-10,13-16H2,(H,35,38)(H2,32,33,34,36);(H,6,7). The van der Waals surface area contributed by atoms with Gasteiger partial charge in [0.25, 0.3) is 0 Å². The molecule has 16 heteroatoms. The van der Waals surface area contributed by atoms with Crippen LogP contribution in [-0.2, 0) is 32.5 Å². The van der Waals surface area contributed by atoms with Gasteiger partial charge in [-0.3, -0.25) is 4.79 Å². The summed E-state index contributed by atoms with van der Waals surface area (Å²) in [5.74, 6) is -2.23. The van der Waals surface area contributed by atoms with Gasteiger partial charge in [0, 0.05) is 36.1 Å². The van der Waals surface area contributed by atoms with Crippen molar-refractivity contribution in [3.8, 4) is 0 Å². The number of aryl methyl sites for hydroxylation is 2. The van der Waals surface area contributed by atoms with Gasteiger partial charge in [0.05, 0.1) is 11.1 Å². The number of aliphatic carboxylic acids is 1. The highest BCUT2D eigenvalue weighted by atomic mass is 35.5. The largest absolute Gasteiger partial charge is 0.490 e. The number of carboxylic acid groups (broad SMARTS) is 1. The molecule has 0 radical (unpaired) electrons. The number of nitrogens with one attached hydrogen (secondary N) is 3. The molecule has 6 rings (SSSR count). The van der Waals surface area contributed by atoms with Gasteiger partial charge in [-0.1, -0.05) is 41.9 Å². The smallest absolute Gasteiger partial charge is 0.475 e. The molecule has 1 fully saturated rings. The van der Waals surface area contributed by atoms with Gasteiger partial charge in [-0.2, -0.15) is 22.5 Å². The SMILES string of the molecule is O=C(Nc1ccc2cc1CCc1cccc(c1)Nc1ncc(Cl)c(n1)N2)C1CCN(S(=O)(=O)c2ccccc2)CC1.O=C(O)C(F)(F)F. The molecule has 3 aromatic carbocycles. The van der Waals surface area contributed by atoms with Gasteiger partial charge >= 0.3 is 12.1 Å². The van der Waals surface area contributed by atoms with Crippen LogP contribution in [-0.4, -0.2) is 58.9 Å². The van der Waals surface area contributed by atoms with E-state index in [0.29, 0.717) is 49.1 Å². The van der Waals surface area contributed by atoms with Crippen molar-refractivity contribution in [1.29, 1.82) is 0 Å². The average molecular weight is 703 g/mol. The summed E-state index contributed by atoms with van der Waals surface area (Å²) in [6.07, 6.45) is -1.16. The fourth-order valence-corrected chi connectivity index (χ4v) is 6.83. The summed E-state index contributed by atoms with van der Waals surface area (Å²) in [6.45, 7) is 0.605. The van der Waals surface area contributed by atoms with Crippen molar-refractivity contribution in [3.05, 3.63) is 95.1 Å². The Bertz CT molecular complexity index is 1910. The van der Waals surface area contributed by atoms with E-state index >= 15 is 0 Å². The summed E-state index contributed by atoms with van der Waals surface area (Å²) in [5, 5.41) is 17.1. The molecule has 252 valence electrons. The van der Waals surface area contributed by atoms with Crippen molar-refractivity contribution >= 4 is 62.3 Å². The van der Waals surface area contributed by atoms with Crippen molar-refractivity contribution < 1.29 is 36.3 Å². The molecule has 4 aromatic rings. The zero-order valence-electron chi connectivity index (χ0n) is 25.2. The molecular formula is C32H30ClF3N6O5S. The maximum absolute atomic E-state index is 13.4. The second kappa shape index (κ2) is 14.6. The molecule has 11 nitrogen and oxygen atoms in total. The number of alkyl halides is 3. The molecule has 4 N–H and O–H groups in total. The maximum atomic E-state index is 13.4. The number of hydrogen-bond donors (Lipinski definition) is 4. The van der Waals surface area contributed by atoms with Crippen LogP contribution < -0.4 is 16.0 Å². The number of anilines is 5. The number of nitrogens with zero attached hydrogens (tertiary/aromatic N) is 3. The minimum atomic E-state index is -5.08. The van der Waals surface area contributed by atoms with Crippen LogP contribution in [0.1, 0.15) is 24.0 Å². The third kappa shape index (κ3) is 8.59. The lowest BCUT2D eigenvalue weighted by atomic mass is 9.96. The third-order valence-electron chi connectivity index (χ3n) is 7.68. The van der Waals surface area contributed by atoms with E-state index in [4.69, 9.17) is 21.5 Å². The number of sulfonamides is 1. The highest BCUT2D eigenvalue weighted by molar-refractivity contribution is 7.89. The first-order chi connectivity index (χ1) is 22.8. The van der Waals surface area contributed by atoms with Crippen LogP contribution in [0.2, 0.25) is 5.02 Å². The summed E-state index contributed by atoms with van der Waals surface area (Å²) in [7, 11) is -3.57. The molecule has 48 heavy (non-hydrogen) atoms. The van der Waals surface area contributed by atoms with Crippen LogP contribution in [0.25, 0.3) is 0 Å². The Morgan fingerprint density at radius 3 is 2.31 bits per heavy atom. The second-order valence-electron chi connectivity index (χ2n) is 11.0. The summed E-state index contributed by atoms with van der Waals surface area (Å²) in [6, 6.07) is 22.2. The first-order valence-corrected chi connectivity index (χ1v) is 16.6. The number of benzene rings is 3. The first kappa shape index (κ1) is 34.6. The van der Waals surface area contributed by atoms with E-state index in [0.717, 1.165) is 34.6 Å². The van der Waals surface area contributed by atoms with Crippen LogP contribution in [0.15, 0.2) is 83.9 Å². The van der Waals surface area contributed by atoms with E-state index in [1.807, 2.05) is 30.3 Å². The van der Waals surface area contributed by atoms with Crippen LogP contribution in [0.5, 0.6) is 0 Å². The van der Waals surface area contributed by atoms with Crippen LogP contribution in [0, 0.1) is 5.92 Å². The lowest BCUT2D eigenvalue weighted by molar-refractivity contribution is -0.192. The number of rotatable bonds is 4. The van der Waals surface area contributed by atoms with Gasteiger partial charge in [0.2, 0.25) is 21.9 Å². The summed E-state index contributed by atoms with van der Waals surface area (Å²) in [5.41, 5.74) is 4.49. The van der Waals surface area contributed by atoms with Gasteiger partial charge in [-0.15, -0.1) is 0 Å². The van der Waals surface area contributed by atoms with E-state index in [9.17, 15) is 26.4 Å². The molecule has 0 spiro atoms. The van der Waals surface area contributed by atoms with Crippen molar-refractivity contribution in [2.45, 2.75) is 36.8 Å². The topological polar surface area (TPSA) is 154 Å². The van der Waals surface area contributed by atoms with Gasteiger partial charge in [-0.05, 0) is 79.3 Å². The molecule has 3 heterocycles. The minimum absolute atomic E-state index is 0.101. The fraction of sp³-hybridized carbons (Fsp3) is 0.250. The summed E-state index contributed by atoms with van der Waals surface area (Å²) >= 11 is 6.38.